The van der Waals surface area contributed by atoms with Gasteiger partial charge in [-0.25, -0.2) is 9.69 Å². The zero-order chi connectivity index (χ0) is 35.5. The highest BCUT2D eigenvalue weighted by Crippen LogP contribution is 2.29. The van der Waals surface area contributed by atoms with Crippen molar-refractivity contribution in [1.82, 2.24) is 9.80 Å². The number of ether oxygens (including phenoxy) is 1. The van der Waals surface area contributed by atoms with E-state index in [1.54, 1.807) is 30.4 Å². The summed E-state index contributed by atoms with van der Waals surface area (Å²) >= 11 is 0. The van der Waals surface area contributed by atoms with E-state index in [4.69, 9.17) is 4.74 Å². The summed E-state index contributed by atoms with van der Waals surface area (Å²) < 4.78 is 5.15. The number of hydrogen-bond donors (Lipinski definition) is 2. The van der Waals surface area contributed by atoms with Crippen LogP contribution in [0.5, 0.6) is 0 Å². The lowest BCUT2D eigenvalue weighted by Gasteiger charge is -2.27. The van der Waals surface area contributed by atoms with Crippen molar-refractivity contribution in [2.45, 2.75) is 70.2 Å². The first-order valence-electron chi connectivity index (χ1n) is 17.1. The molecule has 0 unspecified atom stereocenters. The van der Waals surface area contributed by atoms with Crippen molar-refractivity contribution in [1.29, 1.82) is 0 Å². The molecule has 4 amide bonds. The van der Waals surface area contributed by atoms with Gasteiger partial charge >= 0.3 is 6.09 Å². The van der Waals surface area contributed by atoms with Gasteiger partial charge in [0.15, 0.2) is 0 Å². The van der Waals surface area contributed by atoms with Gasteiger partial charge in [0.05, 0.1) is 30.1 Å². The summed E-state index contributed by atoms with van der Waals surface area (Å²) in [7, 11) is 0. The number of rotatable bonds is 11. The Bertz CT molecular complexity index is 1670. The van der Waals surface area contributed by atoms with E-state index in [1.807, 2.05) is 91.0 Å². The van der Waals surface area contributed by atoms with E-state index in [0.717, 1.165) is 21.6 Å². The summed E-state index contributed by atoms with van der Waals surface area (Å²) in [4.78, 5) is 52.7. The Hall–Kier alpha value is -5.12. The summed E-state index contributed by atoms with van der Waals surface area (Å²) in [6.45, 7) is 3.84. The third-order valence-electron chi connectivity index (χ3n) is 9.28. The molecule has 2 saturated heterocycles. The van der Waals surface area contributed by atoms with E-state index in [0.29, 0.717) is 32.1 Å². The van der Waals surface area contributed by atoms with Gasteiger partial charge in [-0.05, 0) is 48.8 Å². The molecule has 2 aliphatic heterocycles. The highest BCUT2D eigenvalue weighted by molar-refractivity contribution is 5.99. The number of hydrogen-bond acceptors (Lipinski definition) is 7. The van der Waals surface area contributed by atoms with Crippen molar-refractivity contribution in [3.63, 3.8) is 0 Å². The number of aliphatic hydroxyl groups is 2. The Morgan fingerprint density at radius 2 is 1.47 bits per heavy atom. The Morgan fingerprint density at radius 1 is 0.882 bits per heavy atom. The highest BCUT2D eigenvalue weighted by Gasteiger charge is 2.43. The molecule has 0 saturated carbocycles. The van der Waals surface area contributed by atoms with E-state index in [2.05, 4.69) is 6.58 Å². The van der Waals surface area contributed by atoms with Crippen molar-refractivity contribution in [3.05, 3.63) is 139 Å². The molecule has 0 aromatic heterocycles. The van der Waals surface area contributed by atoms with Gasteiger partial charge < -0.3 is 14.9 Å². The van der Waals surface area contributed by atoms with Gasteiger partial charge in [0, 0.05) is 12.5 Å². The third-order valence-corrected chi connectivity index (χ3v) is 9.28. The first kappa shape index (κ1) is 38.7. The Morgan fingerprint density at radius 3 is 2.04 bits per heavy atom. The maximum absolute atomic E-state index is 13.2. The maximum Gasteiger partial charge on any atom is 0.416 e. The predicted octanol–water partition coefficient (Wildman–Crippen LogP) is 6.16. The molecule has 2 heterocycles. The molecular formula is C42H48N2O7. The minimum Gasteiger partial charge on any atom is -0.447 e. The average molecular weight is 693 g/mol. The second kappa shape index (κ2) is 18.8. The molecule has 3 aliphatic rings. The van der Waals surface area contributed by atoms with Crippen molar-refractivity contribution >= 4 is 29.9 Å². The third kappa shape index (κ3) is 9.99. The van der Waals surface area contributed by atoms with Crippen molar-refractivity contribution in [2.24, 2.45) is 11.8 Å². The number of cyclic esters (lactones) is 1. The first-order valence-corrected chi connectivity index (χ1v) is 17.1. The zero-order valence-corrected chi connectivity index (χ0v) is 28.0. The van der Waals surface area contributed by atoms with Gasteiger partial charge in [0.25, 0.3) is 0 Å². The van der Waals surface area contributed by atoms with E-state index in [1.165, 1.54) is 4.90 Å². The van der Waals surface area contributed by atoms with Crippen LogP contribution in [-0.2, 0) is 32.0 Å². The summed E-state index contributed by atoms with van der Waals surface area (Å²) in [6.07, 6.45) is 8.97. The molecule has 3 aromatic carbocycles. The number of amides is 4. The van der Waals surface area contributed by atoms with Crippen LogP contribution in [0.3, 0.4) is 0 Å². The topological polar surface area (TPSA) is 124 Å². The average Bonchev–Trinajstić information content (AvgIpc) is 3.84. The molecule has 9 nitrogen and oxygen atoms in total. The summed E-state index contributed by atoms with van der Waals surface area (Å²) in [6, 6.07) is 28.6. The van der Waals surface area contributed by atoms with Crippen LogP contribution in [0.1, 0.15) is 49.8 Å². The Kier molecular flexibility index (Phi) is 14.2. The predicted molar refractivity (Wildman–Crippen MR) is 197 cm³/mol. The van der Waals surface area contributed by atoms with Crippen LogP contribution in [0.25, 0.3) is 6.08 Å². The quantitative estimate of drug-likeness (QED) is 0.182. The van der Waals surface area contributed by atoms with E-state index in [9.17, 15) is 29.4 Å². The Labute approximate surface area is 300 Å². The van der Waals surface area contributed by atoms with Crippen LogP contribution in [0.4, 0.5) is 4.79 Å². The number of carbonyl (C=O) groups is 4. The molecule has 2 N–H and O–H groups in total. The fourth-order valence-corrected chi connectivity index (χ4v) is 6.61. The van der Waals surface area contributed by atoms with Crippen LogP contribution in [0.2, 0.25) is 0 Å². The van der Waals surface area contributed by atoms with Crippen LogP contribution < -0.4 is 0 Å². The summed E-state index contributed by atoms with van der Waals surface area (Å²) in [5, 5.41) is 20.5. The van der Waals surface area contributed by atoms with Gasteiger partial charge in [-0.3, -0.25) is 19.3 Å². The van der Waals surface area contributed by atoms with Crippen molar-refractivity contribution < 1.29 is 34.1 Å². The molecule has 268 valence electrons. The fraction of sp³-hybridized carbons (Fsp3) is 0.333. The number of carbonyl (C=O) groups excluding carboxylic acids is 4. The standard InChI is InChI=1S/C24H25NO4.C17H19NO3.CH4/c1-2-9-21(22(26)15-14-18-10-5-3-6-11-18)23(27)25-20(17-29-24(25)28)16-19-12-7-4-8-13-19;19-15-8-4-7-14(15)17(21)18-13(9-10-16(18)20)11-12-5-2-1-3-6-12;/h2-8,10-15,20-22,26H,1,9,16-17H2;1-6,8,13-15,19H,7,9-11H2;1H4/b15-14+;;/t20-,21+,22+;13-,14-,15-;/m10./s1. The van der Waals surface area contributed by atoms with Gasteiger partial charge in [-0.2, -0.15) is 0 Å². The lowest BCUT2D eigenvalue weighted by atomic mass is 9.94. The van der Waals surface area contributed by atoms with Gasteiger partial charge in [0.1, 0.15) is 6.61 Å². The van der Waals surface area contributed by atoms with E-state index < -0.39 is 42.1 Å². The lowest BCUT2D eigenvalue weighted by Crippen LogP contribution is -2.46. The number of nitrogens with zero attached hydrogens (tertiary/aromatic N) is 2. The molecule has 9 heteroatoms. The molecule has 6 rings (SSSR count). The smallest absolute Gasteiger partial charge is 0.416 e. The van der Waals surface area contributed by atoms with Crippen LogP contribution in [-0.4, -0.2) is 74.7 Å². The summed E-state index contributed by atoms with van der Waals surface area (Å²) in [5.74, 6) is -2.09. The molecule has 1 aliphatic carbocycles. The number of likely N-dealkylation sites (tertiary alicyclic amines) is 1. The number of allylic oxidation sites excluding steroid dienone is 2. The maximum atomic E-state index is 13.2. The second-order valence-electron chi connectivity index (χ2n) is 12.8. The van der Waals surface area contributed by atoms with Crippen LogP contribution in [0, 0.1) is 11.8 Å². The Balaban J connectivity index is 0.000000235. The molecule has 3 aromatic rings. The molecule has 0 spiro atoms. The summed E-state index contributed by atoms with van der Waals surface area (Å²) in [5.41, 5.74) is 3.05. The largest absolute Gasteiger partial charge is 0.447 e. The number of aliphatic hydroxyl groups excluding tert-OH is 2. The monoisotopic (exact) mass is 692 g/mol. The minimum atomic E-state index is -1.05. The van der Waals surface area contributed by atoms with Gasteiger partial charge in [-0.1, -0.05) is 129 Å². The van der Waals surface area contributed by atoms with Gasteiger partial charge in [-0.15, -0.1) is 6.58 Å². The molecular weight excluding hydrogens is 644 g/mol. The fourth-order valence-electron chi connectivity index (χ4n) is 6.61. The van der Waals surface area contributed by atoms with Crippen LogP contribution in [0.15, 0.2) is 122 Å². The van der Waals surface area contributed by atoms with Crippen LogP contribution >= 0.6 is 0 Å². The molecule has 0 bridgehead atoms. The molecule has 0 radical (unpaired) electrons. The normalized spacial score (nSPS) is 22.2. The zero-order valence-electron chi connectivity index (χ0n) is 28.0. The van der Waals surface area contributed by atoms with Gasteiger partial charge in [0.2, 0.25) is 17.7 Å². The SMILES string of the molecule is C.C=CC[C@H](C(=O)N1C(=O)OC[C@H]1Cc1ccccc1)[C@@H](O)/C=C/c1ccccc1.O=C1CC[C@@H](Cc2ccccc2)N1C(=O)[C@H]1CC=C[C@@H]1O. The van der Waals surface area contributed by atoms with E-state index >= 15 is 0 Å². The lowest BCUT2D eigenvalue weighted by molar-refractivity contribution is -0.148. The number of imide groups is 2. The second-order valence-corrected chi connectivity index (χ2v) is 12.8. The molecule has 2 fully saturated rings. The first-order chi connectivity index (χ1) is 24.3. The van der Waals surface area contributed by atoms with Crippen molar-refractivity contribution in [3.8, 4) is 0 Å². The minimum absolute atomic E-state index is 0. The molecule has 51 heavy (non-hydrogen) atoms. The van der Waals surface area contributed by atoms with E-state index in [-0.39, 0.29) is 38.3 Å². The molecule has 6 atom stereocenters. The highest BCUT2D eigenvalue weighted by atomic mass is 16.6. The van der Waals surface area contributed by atoms with Crippen molar-refractivity contribution in [2.75, 3.05) is 6.61 Å². The number of benzene rings is 3.